The summed E-state index contributed by atoms with van der Waals surface area (Å²) in [4.78, 5) is 12.1. The molecule has 2 aromatic rings. The lowest BCUT2D eigenvalue weighted by Crippen LogP contribution is -2.29. The fourth-order valence-electron chi connectivity index (χ4n) is 3.96. The van der Waals surface area contributed by atoms with Crippen molar-refractivity contribution >= 4 is 16.9 Å². The van der Waals surface area contributed by atoms with Crippen LogP contribution < -0.4 is 14.2 Å². The molecule has 1 fully saturated rings. The zero-order valence-electron chi connectivity index (χ0n) is 16.0. The highest BCUT2D eigenvalue weighted by atomic mass is 32.2. The Morgan fingerprint density at radius 3 is 2.89 bits per heavy atom. The van der Waals surface area contributed by atoms with Crippen LogP contribution >= 0.6 is 11.8 Å². The summed E-state index contributed by atoms with van der Waals surface area (Å²) in [5.74, 6) is 2.36. The average molecular weight is 398 g/mol. The molecule has 3 atom stereocenters. The Morgan fingerprint density at radius 2 is 2.11 bits per heavy atom. The molecule has 0 saturated carbocycles. The largest absolute Gasteiger partial charge is 0.493 e. The Balaban J connectivity index is 1.61. The van der Waals surface area contributed by atoms with Gasteiger partial charge in [0.1, 0.15) is 11.8 Å². The first kappa shape index (κ1) is 17.7. The fourth-order valence-corrected chi connectivity index (χ4v) is 5.05. The number of amidine groups is 1. The molecule has 7 heteroatoms. The summed E-state index contributed by atoms with van der Waals surface area (Å²) in [6.45, 7) is 6.22. The molecule has 6 nitrogen and oxygen atoms in total. The van der Waals surface area contributed by atoms with E-state index in [4.69, 9.17) is 19.2 Å². The molecule has 4 heterocycles. The Bertz CT molecular complexity index is 905. The minimum Gasteiger partial charge on any atom is -0.493 e. The van der Waals surface area contributed by atoms with Crippen molar-refractivity contribution in [2.75, 3.05) is 19.9 Å². The minimum absolute atomic E-state index is 0.0312. The van der Waals surface area contributed by atoms with E-state index in [-0.39, 0.29) is 18.9 Å². The number of rotatable bonds is 5. The van der Waals surface area contributed by atoms with Crippen LogP contribution in [0.4, 0.5) is 0 Å². The van der Waals surface area contributed by atoms with Crippen molar-refractivity contribution in [3.8, 4) is 17.2 Å². The zero-order chi connectivity index (χ0) is 19.1. The van der Waals surface area contributed by atoms with E-state index in [0.717, 1.165) is 46.6 Å². The number of pyridine rings is 1. The third kappa shape index (κ3) is 2.98. The maximum atomic E-state index is 6.14. The van der Waals surface area contributed by atoms with Gasteiger partial charge in [0.25, 0.3) is 0 Å². The second-order valence-electron chi connectivity index (χ2n) is 7.23. The number of aromatic nitrogens is 1. The van der Waals surface area contributed by atoms with Crippen molar-refractivity contribution in [2.24, 2.45) is 4.99 Å². The number of nitrogens with zero attached hydrogens (tertiary/aromatic N) is 3. The van der Waals surface area contributed by atoms with Crippen molar-refractivity contribution in [3.05, 3.63) is 47.8 Å². The maximum Gasteiger partial charge on any atom is 0.231 e. The van der Waals surface area contributed by atoms with Gasteiger partial charge in [-0.2, -0.15) is 0 Å². The SMILES string of the molecule is CCCOc1cc2c(cc1[C@@H]1[C@@H](c3ccccn3)N=C3S[C@@H](C)CN31)OCO2. The Hall–Kier alpha value is -2.41. The summed E-state index contributed by atoms with van der Waals surface area (Å²) in [6, 6.07) is 10.0. The van der Waals surface area contributed by atoms with Gasteiger partial charge in [-0.15, -0.1) is 0 Å². The number of aliphatic imine (C=N–C) groups is 1. The minimum atomic E-state index is -0.0689. The van der Waals surface area contributed by atoms with E-state index in [0.29, 0.717) is 11.9 Å². The summed E-state index contributed by atoms with van der Waals surface area (Å²) in [5, 5.41) is 1.60. The lowest BCUT2D eigenvalue weighted by molar-refractivity contribution is 0.173. The Morgan fingerprint density at radius 1 is 1.25 bits per heavy atom. The van der Waals surface area contributed by atoms with E-state index >= 15 is 0 Å². The number of fused-ring (bicyclic) bond motifs is 2. The topological polar surface area (TPSA) is 56.2 Å². The molecule has 1 aromatic carbocycles. The quantitative estimate of drug-likeness (QED) is 0.754. The van der Waals surface area contributed by atoms with Crippen molar-refractivity contribution in [2.45, 2.75) is 37.6 Å². The van der Waals surface area contributed by atoms with Crippen LogP contribution in [0.5, 0.6) is 17.2 Å². The fraction of sp³-hybridized carbons (Fsp3) is 0.429. The van der Waals surface area contributed by atoms with Crippen molar-refractivity contribution in [3.63, 3.8) is 0 Å². The third-order valence-electron chi connectivity index (χ3n) is 5.17. The highest BCUT2D eigenvalue weighted by Gasteiger charge is 2.45. The van der Waals surface area contributed by atoms with E-state index in [9.17, 15) is 0 Å². The number of thioether (sulfide) groups is 1. The lowest BCUT2D eigenvalue weighted by Gasteiger charge is -2.29. The smallest absolute Gasteiger partial charge is 0.231 e. The molecule has 0 radical (unpaired) electrons. The molecule has 0 unspecified atom stereocenters. The zero-order valence-corrected chi connectivity index (χ0v) is 16.8. The summed E-state index contributed by atoms with van der Waals surface area (Å²) in [5.41, 5.74) is 2.06. The van der Waals surface area contributed by atoms with E-state index in [1.807, 2.05) is 36.2 Å². The number of benzene rings is 1. The standard InChI is InChI=1S/C21H23N3O3S/c1-3-8-25-16-10-18-17(26-12-27-18)9-14(16)20-19(15-6-4-5-7-22-15)23-21-24(20)11-13(2)28-21/h4-7,9-10,13,19-20H,3,8,11-12H2,1-2H3/t13-,19+,20+/m0/s1. The van der Waals surface area contributed by atoms with Crippen molar-refractivity contribution in [1.82, 2.24) is 9.88 Å². The molecular weight excluding hydrogens is 374 g/mol. The molecule has 0 amide bonds. The molecule has 146 valence electrons. The van der Waals surface area contributed by atoms with Gasteiger partial charge in [-0.1, -0.05) is 31.7 Å². The van der Waals surface area contributed by atoms with Gasteiger partial charge in [0.15, 0.2) is 16.7 Å². The lowest BCUT2D eigenvalue weighted by atomic mass is 9.95. The van der Waals surface area contributed by atoms with Crippen LogP contribution in [0.2, 0.25) is 0 Å². The average Bonchev–Trinajstić information content (AvgIpc) is 3.39. The van der Waals surface area contributed by atoms with Gasteiger partial charge < -0.3 is 19.1 Å². The number of ether oxygens (including phenoxy) is 3. The summed E-state index contributed by atoms with van der Waals surface area (Å²) < 4.78 is 17.4. The summed E-state index contributed by atoms with van der Waals surface area (Å²) >= 11 is 1.83. The molecule has 0 spiro atoms. The van der Waals surface area contributed by atoms with Crippen LogP contribution in [0.3, 0.4) is 0 Å². The van der Waals surface area contributed by atoms with Crippen LogP contribution in [0.25, 0.3) is 0 Å². The van der Waals surface area contributed by atoms with Crippen LogP contribution in [0.15, 0.2) is 41.5 Å². The molecule has 3 aliphatic heterocycles. The van der Waals surface area contributed by atoms with E-state index in [2.05, 4.69) is 35.9 Å². The monoisotopic (exact) mass is 397 g/mol. The van der Waals surface area contributed by atoms with Crippen LogP contribution in [0.1, 0.15) is 43.6 Å². The van der Waals surface area contributed by atoms with Crippen LogP contribution in [0, 0.1) is 0 Å². The summed E-state index contributed by atoms with van der Waals surface area (Å²) in [6.07, 6.45) is 2.78. The molecule has 28 heavy (non-hydrogen) atoms. The van der Waals surface area contributed by atoms with Crippen LogP contribution in [-0.2, 0) is 0 Å². The molecule has 3 aliphatic rings. The molecule has 1 aromatic heterocycles. The highest BCUT2D eigenvalue weighted by molar-refractivity contribution is 8.14. The van der Waals surface area contributed by atoms with Crippen molar-refractivity contribution in [1.29, 1.82) is 0 Å². The maximum absolute atomic E-state index is 6.14. The van der Waals surface area contributed by atoms with Gasteiger partial charge in [0.05, 0.1) is 18.3 Å². The van der Waals surface area contributed by atoms with Gasteiger partial charge >= 0.3 is 0 Å². The molecule has 0 N–H and O–H groups in total. The predicted octanol–water partition coefficient (Wildman–Crippen LogP) is 4.19. The van der Waals surface area contributed by atoms with E-state index in [1.54, 1.807) is 0 Å². The van der Waals surface area contributed by atoms with Crippen molar-refractivity contribution < 1.29 is 14.2 Å². The second kappa shape index (κ2) is 7.20. The first-order valence-corrected chi connectivity index (χ1v) is 10.6. The van der Waals surface area contributed by atoms with Gasteiger partial charge in [0, 0.05) is 29.6 Å². The number of hydrogen-bond acceptors (Lipinski definition) is 7. The predicted molar refractivity (Wildman–Crippen MR) is 109 cm³/mol. The Labute approximate surface area is 168 Å². The molecule has 1 saturated heterocycles. The molecule has 5 rings (SSSR count). The first-order chi connectivity index (χ1) is 13.7. The molecule has 0 aliphatic carbocycles. The molecular formula is C21H23N3O3S. The number of hydrogen-bond donors (Lipinski definition) is 0. The van der Waals surface area contributed by atoms with Gasteiger partial charge in [0.2, 0.25) is 6.79 Å². The third-order valence-corrected chi connectivity index (χ3v) is 6.27. The summed E-state index contributed by atoms with van der Waals surface area (Å²) in [7, 11) is 0. The second-order valence-corrected chi connectivity index (χ2v) is 8.63. The molecule has 0 bridgehead atoms. The highest BCUT2D eigenvalue weighted by Crippen LogP contribution is 2.52. The van der Waals surface area contributed by atoms with Gasteiger partial charge in [-0.3, -0.25) is 9.98 Å². The van der Waals surface area contributed by atoms with Crippen LogP contribution in [-0.4, -0.2) is 40.2 Å². The van der Waals surface area contributed by atoms with E-state index in [1.165, 1.54) is 0 Å². The van der Waals surface area contributed by atoms with E-state index < -0.39 is 0 Å². The first-order valence-electron chi connectivity index (χ1n) is 9.73. The van der Waals surface area contributed by atoms with Gasteiger partial charge in [-0.05, 0) is 24.6 Å². The normalized spacial score (nSPS) is 25.0. The Kier molecular flexibility index (Phi) is 4.55. The van der Waals surface area contributed by atoms with Gasteiger partial charge in [-0.25, -0.2) is 0 Å².